The van der Waals surface area contributed by atoms with E-state index in [0.717, 1.165) is 6.54 Å². The van der Waals surface area contributed by atoms with Gasteiger partial charge in [0.25, 0.3) is 0 Å². The van der Waals surface area contributed by atoms with Gasteiger partial charge in [-0.15, -0.1) is 0 Å². The van der Waals surface area contributed by atoms with Gasteiger partial charge in [0, 0.05) is 6.20 Å². The minimum absolute atomic E-state index is 0.907. The van der Waals surface area contributed by atoms with E-state index in [1.807, 2.05) is 10.9 Å². The van der Waals surface area contributed by atoms with Crippen molar-refractivity contribution in [2.75, 3.05) is 0 Å². The summed E-state index contributed by atoms with van der Waals surface area (Å²) in [6.45, 7) is 2.97. The first-order valence-electron chi connectivity index (χ1n) is 4.69. The van der Waals surface area contributed by atoms with Crippen LogP contribution in [0.5, 0.6) is 0 Å². The molecule has 0 aliphatic heterocycles. The van der Waals surface area contributed by atoms with Crippen LogP contribution in [0.15, 0.2) is 36.2 Å². The van der Waals surface area contributed by atoms with Crippen LogP contribution in [0.2, 0.25) is 0 Å². The minimum atomic E-state index is 0.907. The number of nitrogens with zero attached hydrogens (tertiary/aromatic N) is 2. The Morgan fingerprint density at radius 1 is 1.46 bits per heavy atom. The zero-order chi connectivity index (χ0) is 9.10. The van der Waals surface area contributed by atoms with E-state index in [2.05, 4.69) is 36.4 Å². The van der Waals surface area contributed by atoms with Crippen molar-refractivity contribution in [1.82, 2.24) is 9.78 Å². The molecule has 0 radical (unpaired) electrons. The van der Waals surface area contributed by atoms with Crippen LogP contribution in [-0.2, 0) is 6.54 Å². The van der Waals surface area contributed by atoms with E-state index < -0.39 is 0 Å². The molecule has 13 heavy (non-hydrogen) atoms. The van der Waals surface area contributed by atoms with Crippen molar-refractivity contribution in [3.8, 4) is 0 Å². The van der Waals surface area contributed by atoms with Gasteiger partial charge in [0.15, 0.2) is 0 Å². The highest BCUT2D eigenvalue weighted by Gasteiger charge is 1.99. The molecule has 1 heterocycles. The third-order valence-corrected chi connectivity index (χ3v) is 2.18. The Balaban J connectivity index is 2.05. The van der Waals surface area contributed by atoms with Gasteiger partial charge in [0.05, 0.1) is 12.7 Å². The van der Waals surface area contributed by atoms with Gasteiger partial charge in [0.2, 0.25) is 0 Å². The molecule has 0 spiro atoms. The fraction of sp³-hybridized carbons (Fsp3) is 0.364. The lowest BCUT2D eigenvalue weighted by molar-refractivity contribution is 0.680. The lowest BCUT2D eigenvalue weighted by Crippen LogP contribution is -2.01. The van der Waals surface area contributed by atoms with Gasteiger partial charge in [-0.3, -0.25) is 4.68 Å². The lowest BCUT2D eigenvalue weighted by atomic mass is 10.1. The highest BCUT2D eigenvalue weighted by molar-refractivity contribution is 5.22. The van der Waals surface area contributed by atoms with Crippen LogP contribution in [0.25, 0.3) is 0 Å². The van der Waals surface area contributed by atoms with Gasteiger partial charge in [0.1, 0.15) is 0 Å². The van der Waals surface area contributed by atoms with Crippen molar-refractivity contribution in [2.45, 2.75) is 26.3 Å². The number of rotatable bonds is 2. The molecule has 2 nitrogen and oxygen atoms in total. The first-order valence-corrected chi connectivity index (χ1v) is 4.69. The fourth-order valence-corrected chi connectivity index (χ4v) is 1.53. The van der Waals surface area contributed by atoms with E-state index in [9.17, 15) is 0 Å². The number of aryl methyl sites for hydroxylation is 1. The summed E-state index contributed by atoms with van der Waals surface area (Å²) >= 11 is 0. The Labute approximate surface area is 78.6 Å². The van der Waals surface area contributed by atoms with Crippen molar-refractivity contribution >= 4 is 0 Å². The van der Waals surface area contributed by atoms with E-state index in [4.69, 9.17) is 0 Å². The molecule has 0 N–H and O–H groups in total. The predicted molar refractivity (Wildman–Crippen MR) is 53.4 cm³/mol. The van der Waals surface area contributed by atoms with E-state index >= 15 is 0 Å². The molecule has 1 aromatic heterocycles. The maximum absolute atomic E-state index is 4.25. The van der Waals surface area contributed by atoms with Crippen molar-refractivity contribution in [1.29, 1.82) is 0 Å². The molecule has 2 rings (SSSR count). The quantitative estimate of drug-likeness (QED) is 0.673. The topological polar surface area (TPSA) is 17.8 Å². The summed E-state index contributed by atoms with van der Waals surface area (Å²) in [5.74, 6) is 0. The zero-order valence-corrected chi connectivity index (χ0v) is 7.90. The molecule has 2 heteroatoms. The molecule has 0 aromatic carbocycles. The third kappa shape index (κ3) is 2.08. The van der Waals surface area contributed by atoms with Crippen LogP contribution in [0.1, 0.15) is 18.4 Å². The molecule has 0 fully saturated rings. The minimum Gasteiger partial charge on any atom is -0.268 e. The molecule has 1 aliphatic rings. The average Bonchev–Trinajstić information content (AvgIpc) is 2.53. The van der Waals surface area contributed by atoms with Crippen LogP contribution in [-0.4, -0.2) is 9.78 Å². The second-order valence-electron chi connectivity index (χ2n) is 3.47. The SMILES string of the molecule is Cc1cnn(CC2=CCCC=C2)c1. The molecular weight excluding hydrogens is 160 g/mol. The monoisotopic (exact) mass is 174 g/mol. The smallest absolute Gasteiger partial charge is 0.0656 e. The average molecular weight is 174 g/mol. The van der Waals surface area contributed by atoms with Crippen molar-refractivity contribution < 1.29 is 0 Å². The van der Waals surface area contributed by atoms with Crippen LogP contribution in [0, 0.1) is 6.92 Å². The number of hydrogen-bond acceptors (Lipinski definition) is 1. The predicted octanol–water partition coefficient (Wildman–Crippen LogP) is 2.47. The first-order chi connectivity index (χ1) is 6.34. The Hall–Kier alpha value is -1.31. The van der Waals surface area contributed by atoms with Gasteiger partial charge in [-0.05, 0) is 30.9 Å². The second kappa shape index (κ2) is 3.60. The van der Waals surface area contributed by atoms with Crippen LogP contribution in [0.3, 0.4) is 0 Å². The van der Waals surface area contributed by atoms with Crippen molar-refractivity contribution in [3.05, 3.63) is 41.8 Å². The van der Waals surface area contributed by atoms with E-state index in [0.29, 0.717) is 0 Å². The standard InChI is InChI=1S/C11H14N2/c1-10-7-12-13(8-10)9-11-5-3-2-4-6-11/h3,5-8H,2,4,9H2,1H3. The van der Waals surface area contributed by atoms with Crippen LogP contribution < -0.4 is 0 Å². The number of aromatic nitrogens is 2. The summed E-state index contributed by atoms with van der Waals surface area (Å²) in [4.78, 5) is 0. The molecule has 0 atom stereocenters. The molecule has 1 aliphatic carbocycles. The Morgan fingerprint density at radius 2 is 2.38 bits per heavy atom. The third-order valence-electron chi connectivity index (χ3n) is 2.18. The number of hydrogen-bond donors (Lipinski definition) is 0. The Morgan fingerprint density at radius 3 is 3.00 bits per heavy atom. The molecular formula is C11H14N2. The Kier molecular flexibility index (Phi) is 2.30. The van der Waals surface area contributed by atoms with E-state index in [1.165, 1.54) is 24.0 Å². The van der Waals surface area contributed by atoms with Gasteiger partial charge in [-0.1, -0.05) is 18.2 Å². The summed E-state index contributed by atoms with van der Waals surface area (Å²) < 4.78 is 1.98. The maximum atomic E-state index is 4.25. The summed E-state index contributed by atoms with van der Waals surface area (Å²) in [6.07, 6.45) is 13.0. The Bertz CT molecular complexity index is 345. The second-order valence-corrected chi connectivity index (χ2v) is 3.47. The molecule has 0 saturated heterocycles. The van der Waals surface area contributed by atoms with Crippen molar-refractivity contribution in [2.24, 2.45) is 0 Å². The molecule has 0 amide bonds. The van der Waals surface area contributed by atoms with Gasteiger partial charge < -0.3 is 0 Å². The summed E-state index contributed by atoms with van der Waals surface area (Å²) in [5, 5.41) is 4.25. The first kappa shape index (κ1) is 8.30. The maximum Gasteiger partial charge on any atom is 0.0656 e. The molecule has 0 bridgehead atoms. The van der Waals surface area contributed by atoms with Crippen LogP contribution >= 0.6 is 0 Å². The zero-order valence-electron chi connectivity index (χ0n) is 7.90. The van der Waals surface area contributed by atoms with E-state index in [-0.39, 0.29) is 0 Å². The molecule has 0 saturated carbocycles. The molecule has 68 valence electrons. The molecule has 1 aromatic rings. The highest BCUT2D eigenvalue weighted by Crippen LogP contribution is 2.11. The fourth-order valence-electron chi connectivity index (χ4n) is 1.53. The largest absolute Gasteiger partial charge is 0.268 e. The lowest BCUT2D eigenvalue weighted by Gasteiger charge is -2.06. The van der Waals surface area contributed by atoms with Crippen LogP contribution in [0.4, 0.5) is 0 Å². The highest BCUT2D eigenvalue weighted by atomic mass is 15.3. The number of allylic oxidation sites excluding steroid dienone is 4. The molecule has 0 unspecified atom stereocenters. The summed E-state index contributed by atoms with van der Waals surface area (Å²) in [6, 6.07) is 0. The van der Waals surface area contributed by atoms with Gasteiger partial charge >= 0.3 is 0 Å². The van der Waals surface area contributed by atoms with Gasteiger partial charge in [-0.25, -0.2) is 0 Å². The normalized spacial score (nSPS) is 15.9. The van der Waals surface area contributed by atoms with E-state index in [1.54, 1.807) is 0 Å². The van der Waals surface area contributed by atoms with Gasteiger partial charge in [-0.2, -0.15) is 5.10 Å². The summed E-state index contributed by atoms with van der Waals surface area (Å²) in [7, 11) is 0. The summed E-state index contributed by atoms with van der Waals surface area (Å²) in [5.41, 5.74) is 2.59. The van der Waals surface area contributed by atoms with Crippen molar-refractivity contribution in [3.63, 3.8) is 0 Å².